The Labute approximate surface area is 178 Å². The summed E-state index contributed by atoms with van der Waals surface area (Å²) in [7, 11) is 1.35. The van der Waals surface area contributed by atoms with E-state index in [4.69, 9.17) is 4.74 Å². The lowest BCUT2D eigenvalue weighted by Crippen LogP contribution is -2.15. The molecule has 0 N–H and O–H groups in total. The van der Waals surface area contributed by atoms with Crippen LogP contribution in [0.3, 0.4) is 0 Å². The van der Waals surface area contributed by atoms with Gasteiger partial charge in [-0.1, -0.05) is 12.1 Å². The summed E-state index contributed by atoms with van der Waals surface area (Å²) in [5.41, 5.74) is 1.82. The second kappa shape index (κ2) is 8.64. The van der Waals surface area contributed by atoms with E-state index in [0.29, 0.717) is 11.1 Å². The topological polar surface area (TPSA) is 53.3 Å². The number of carbonyl (C=O) groups is 1. The van der Waals surface area contributed by atoms with Crippen LogP contribution in [-0.4, -0.2) is 26.2 Å². The van der Waals surface area contributed by atoms with Crippen molar-refractivity contribution in [2.75, 3.05) is 25.1 Å². The maximum absolute atomic E-state index is 11.6. The smallest absolute Gasteiger partial charge is 0.337 e. The molecule has 3 aromatic rings. The summed E-state index contributed by atoms with van der Waals surface area (Å²) in [6.45, 7) is 2.30. The number of nitrogens with zero attached hydrogens (tertiary/aromatic N) is 2. The predicted molar refractivity (Wildman–Crippen MR) is 120 cm³/mol. The Kier molecular flexibility index (Phi) is 5.79. The summed E-state index contributed by atoms with van der Waals surface area (Å²) in [4.78, 5) is 17.5. The first-order chi connectivity index (χ1) is 14.2. The van der Waals surface area contributed by atoms with E-state index in [1.165, 1.54) is 34.7 Å². The summed E-state index contributed by atoms with van der Waals surface area (Å²) in [5.74, 6) is -0.383. The molecule has 0 unspecified atom stereocenters. The molecule has 0 saturated carbocycles. The second-order valence-electron chi connectivity index (χ2n) is 6.77. The average Bonchev–Trinajstić information content (AvgIpc) is 3.52. The summed E-state index contributed by atoms with van der Waals surface area (Å²) >= 11 is 3.51. The predicted octanol–water partition coefficient (Wildman–Crippen LogP) is 5.93. The molecule has 4 rings (SSSR count). The minimum Gasteiger partial charge on any atom is -0.465 e. The first kappa shape index (κ1) is 19.4. The molecule has 1 aliphatic heterocycles. The van der Waals surface area contributed by atoms with Crippen molar-refractivity contribution >= 4 is 45.3 Å². The number of thiophene rings is 2. The Morgan fingerprint density at radius 3 is 2.34 bits per heavy atom. The van der Waals surface area contributed by atoms with Gasteiger partial charge in [-0.15, -0.1) is 22.7 Å². The summed E-state index contributed by atoms with van der Waals surface area (Å²) in [5, 5.41) is 10.9. The van der Waals surface area contributed by atoms with Gasteiger partial charge in [0.1, 0.15) is 0 Å². The van der Waals surface area contributed by atoms with E-state index in [0.717, 1.165) is 23.5 Å². The fraction of sp³-hybridized carbons (Fsp3) is 0.217. The Hall–Kier alpha value is -2.88. The van der Waals surface area contributed by atoms with E-state index >= 15 is 0 Å². The van der Waals surface area contributed by atoms with Gasteiger partial charge in [-0.25, -0.2) is 4.79 Å². The summed E-state index contributed by atoms with van der Waals surface area (Å²) in [6, 6.07) is 17.7. The monoisotopic (exact) mass is 420 g/mol. The molecule has 1 fully saturated rings. The number of nitriles is 1. The maximum atomic E-state index is 11.6. The lowest BCUT2D eigenvalue weighted by molar-refractivity contribution is 0.0600. The third kappa shape index (κ3) is 4.26. The van der Waals surface area contributed by atoms with E-state index in [1.54, 1.807) is 35.6 Å². The molecule has 1 saturated heterocycles. The zero-order valence-corrected chi connectivity index (χ0v) is 17.7. The molecule has 3 heterocycles. The number of ether oxygens (including phenoxy) is 1. The van der Waals surface area contributed by atoms with Gasteiger partial charge >= 0.3 is 5.97 Å². The molecular formula is C23H20N2O2S2. The van der Waals surface area contributed by atoms with Crippen LogP contribution in [0.2, 0.25) is 0 Å². The average molecular weight is 421 g/mol. The van der Waals surface area contributed by atoms with Crippen LogP contribution in [-0.2, 0) is 4.74 Å². The first-order valence-corrected chi connectivity index (χ1v) is 11.1. The van der Waals surface area contributed by atoms with Gasteiger partial charge in [0.15, 0.2) is 0 Å². The largest absolute Gasteiger partial charge is 0.465 e. The van der Waals surface area contributed by atoms with E-state index in [9.17, 15) is 10.1 Å². The Balaban J connectivity index is 1.54. The fourth-order valence-corrected chi connectivity index (χ4v) is 5.46. The van der Waals surface area contributed by atoms with Crippen molar-refractivity contribution in [2.45, 2.75) is 12.8 Å². The lowest BCUT2D eigenvalue weighted by Gasteiger charge is -2.13. The van der Waals surface area contributed by atoms with Gasteiger partial charge in [-0.3, -0.25) is 0 Å². The van der Waals surface area contributed by atoms with Gasteiger partial charge in [-0.2, -0.15) is 5.26 Å². The molecule has 2 aromatic heterocycles. The van der Waals surface area contributed by atoms with Crippen molar-refractivity contribution in [3.63, 3.8) is 0 Å². The summed E-state index contributed by atoms with van der Waals surface area (Å²) < 4.78 is 4.72. The van der Waals surface area contributed by atoms with Gasteiger partial charge in [0.05, 0.1) is 29.3 Å². The number of benzene rings is 1. The zero-order chi connectivity index (χ0) is 20.2. The molecule has 0 amide bonds. The van der Waals surface area contributed by atoms with E-state index < -0.39 is 0 Å². The zero-order valence-electron chi connectivity index (χ0n) is 16.1. The number of rotatable bonds is 5. The van der Waals surface area contributed by atoms with Crippen LogP contribution in [0.5, 0.6) is 0 Å². The first-order valence-electron chi connectivity index (χ1n) is 9.43. The molecule has 0 spiro atoms. The van der Waals surface area contributed by atoms with Crippen LogP contribution in [0, 0.1) is 11.3 Å². The van der Waals surface area contributed by atoms with Crippen molar-refractivity contribution in [3.05, 3.63) is 64.5 Å². The highest BCUT2D eigenvalue weighted by molar-refractivity contribution is 7.24. The Morgan fingerprint density at radius 2 is 1.66 bits per heavy atom. The van der Waals surface area contributed by atoms with Gasteiger partial charge in [-0.05, 0) is 60.9 Å². The van der Waals surface area contributed by atoms with Crippen molar-refractivity contribution < 1.29 is 9.53 Å². The van der Waals surface area contributed by atoms with E-state index in [1.807, 2.05) is 17.4 Å². The number of methoxy groups -OCH3 is 1. The van der Waals surface area contributed by atoms with Crippen LogP contribution in [0.15, 0.2) is 48.5 Å². The van der Waals surface area contributed by atoms with Crippen LogP contribution in [0.25, 0.3) is 21.4 Å². The molecule has 1 aromatic carbocycles. The second-order valence-corrected chi connectivity index (χ2v) is 8.95. The van der Waals surface area contributed by atoms with Crippen LogP contribution >= 0.6 is 22.7 Å². The molecule has 0 aliphatic carbocycles. The van der Waals surface area contributed by atoms with E-state index in [-0.39, 0.29) is 5.97 Å². The number of carbonyl (C=O) groups excluding carboxylic acids is 1. The van der Waals surface area contributed by atoms with Crippen molar-refractivity contribution in [2.24, 2.45) is 0 Å². The lowest BCUT2D eigenvalue weighted by atomic mass is 10.0. The van der Waals surface area contributed by atoms with Gasteiger partial charge in [0.2, 0.25) is 0 Å². The normalized spacial score (nSPS) is 14.1. The molecule has 0 bridgehead atoms. The van der Waals surface area contributed by atoms with Gasteiger partial charge < -0.3 is 9.64 Å². The molecule has 6 heteroatoms. The molecule has 0 radical (unpaired) electrons. The molecule has 4 nitrogen and oxygen atoms in total. The standard InChI is InChI=1S/C23H20N2O2S2/c1-27-23(26)17-6-4-16(5-7-17)18(15-24)14-19-8-9-20(28-19)21-10-11-22(29-21)25-12-2-3-13-25/h4-11,14H,2-3,12-13H2,1H3/b18-14+. The number of hydrogen-bond donors (Lipinski definition) is 0. The van der Waals surface area contributed by atoms with Crippen molar-refractivity contribution in [3.8, 4) is 15.8 Å². The fourth-order valence-electron chi connectivity index (χ4n) is 3.36. The minimum absolute atomic E-state index is 0.383. The minimum atomic E-state index is -0.383. The molecule has 29 heavy (non-hydrogen) atoms. The Bertz CT molecular complexity index is 1080. The van der Waals surface area contributed by atoms with Gasteiger partial charge in [0, 0.05) is 27.7 Å². The third-order valence-electron chi connectivity index (χ3n) is 4.90. The highest BCUT2D eigenvalue weighted by atomic mass is 32.1. The molecule has 0 atom stereocenters. The van der Waals surface area contributed by atoms with Gasteiger partial charge in [0.25, 0.3) is 0 Å². The summed E-state index contributed by atoms with van der Waals surface area (Å²) in [6.07, 6.45) is 4.45. The number of esters is 1. The van der Waals surface area contributed by atoms with E-state index in [2.05, 4.69) is 35.2 Å². The SMILES string of the molecule is COC(=O)c1ccc(/C(C#N)=C/c2ccc(-c3ccc(N4CCCC4)s3)s2)cc1. The molecule has 146 valence electrons. The van der Waals surface area contributed by atoms with Crippen LogP contribution in [0.1, 0.15) is 33.6 Å². The van der Waals surface area contributed by atoms with Crippen LogP contribution < -0.4 is 4.90 Å². The van der Waals surface area contributed by atoms with Crippen LogP contribution in [0.4, 0.5) is 5.00 Å². The highest BCUT2D eigenvalue weighted by Crippen LogP contribution is 2.39. The quantitative estimate of drug-likeness (QED) is 0.379. The van der Waals surface area contributed by atoms with Crippen molar-refractivity contribution in [1.82, 2.24) is 0 Å². The Morgan fingerprint density at radius 1 is 1.00 bits per heavy atom. The third-order valence-corrected chi connectivity index (χ3v) is 7.28. The van der Waals surface area contributed by atoms with Crippen molar-refractivity contribution in [1.29, 1.82) is 5.26 Å². The number of allylic oxidation sites excluding steroid dienone is 1. The molecule has 1 aliphatic rings. The number of hydrogen-bond acceptors (Lipinski definition) is 6. The molecular weight excluding hydrogens is 400 g/mol. The maximum Gasteiger partial charge on any atom is 0.337 e. The number of anilines is 1. The highest BCUT2D eigenvalue weighted by Gasteiger charge is 2.15.